The number of nitrogens with one attached hydrogen (secondary N) is 1. The Kier molecular flexibility index (Phi) is 7.37. The van der Waals surface area contributed by atoms with Gasteiger partial charge in [0.2, 0.25) is 0 Å². The number of H-pyrrole nitrogens is 1. The van der Waals surface area contributed by atoms with Gasteiger partial charge in [-0.2, -0.15) is 0 Å². The molecule has 0 radical (unpaired) electrons. The van der Waals surface area contributed by atoms with Crippen LogP contribution in [0.25, 0.3) is 11.0 Å². The first-order valence-electron chi connectivity index (χ1n) is 8.65. The highest BCUT2D eigenvalue weighted by Gasteiger charge is 2.23. The quantitative estimate of drug-likeness (QED) is 0.669. The highest BCUT2D eigenvalue weighted by atomic mass is 16.6. The summed E-state index contributed by atoms with van der Waals surface area (Å²) in [5.74, 6) is -2.51. The number of nitrogens with zero attached hydrogens (tertiary/aromatic N) is 3. The van der Waals surface area contributed by atoms with Crippen LogP contribution in [-0.4, -0.2) is 75.9 Å². The molecule has 1 aliphatic heterocycles. The molecule has 0 aliphatic carbocycles. The lowest BCUT2D eigenvalue weighted by Gasteiger charge is -2.35. The number of benzene rings is 1. The number of hydrogen-bond donors (Lipinski definition) is 3. The van der Waals surface area contributed by atoms with Crippen LogP contribution in [0.4, 0.5) is 10.5 Å². The van der Waals surface area contributed by atoms with E-state index < -0.39 is 11.9 Å². The molecule has 150 valence electrons. The number of fused-ring (bicyclic) bond motifs is 1. The third kappa shape index (κ3) is 5.73. The van der Waals surface area contributed by atoms with E-state index in [2.05, 4.69) is 20.9 Å². The van der Waals surface area contributed by atoms with Crippen LogP contribution in [0.5, 0.6) is 0 Å². The molecule has 0 spiro atoms. The molecule has 1 amide bonds. The van der Waals surface area contributed by atoms with Gasteiger partial charge in [-0.25, -0.2) is 19.4 Å². The van der Waals surface area contributed by atoms with Crippen molar-refractivity contribution in [2.24, 2.45) is 0 Å². The number of imidazole rings is 1. The minimum absolute atomic E-state index is 0.217. The number of aromatic amines is 1. The van der Waals surface area contributed by atoms with E-state index in [1.807, 2.05) is 19.1 Å². The van der Waals surface area contributed by atoms with Gasteiger partial charge in [-0.05, 0) is 19.1 Å². The van der Waals surface area contributed by atoms with Gasteiger partial charge in [0.1, 0.15) is 5.52 Å². The highest BCUT2D eigenvalue weighted by molar-refractivity contribution is 5.89. The van der Waals surface area contributed by atoms with Crippen molar-refractivity contribution in [3.8, 4) is 0 Å². The molecule has 3 N–H and O–H groups in total. The fourth-order valence-electron chi connectivity index (χ4n) is 2.69. The van der Waals surface area contributed by atoms with Gasteiger partial charge in [-0.3, -0.25) is 0 Å². The van der Waals surface area contributed by atoms with Crippen LogP contribution in [0.15, 0.2) is 36.7 Å². The van der Waals surface area contributed by atoms with Crippen LogP contribution in [-0.2, 0) is 14.3 Å². The van der Waals surface area contributed by atoms with Crippen molar-refractivity contribution in [2.75, 3.05) is 37.7 Å². The Balaban J connectivity index is 0.000000300. The van der Waals surface area contributed by atoms with Gasteiger partial charge in [0.15, 0.2) is 0 Å². The van der Waals surface area contributed by atoms with Crippen molar-refractivity contribution < 1.29 is 29.3 Å². The van der Waals surface area contributed by atoms with E-state index in [1.165, 1.54) is 0 Å². The van der Waals surface area contributed by atoms with Crippen molar-refractivity contribution in [3.63, 3.8) is 0 Å². The molecule has 0 unspecified atom stereocenters. The summed E-state index contributed by atoms with van der Waals surface area (Å²) >= 11 is 0. The molecule has 1 fully saturated rings. The normalized spacial score (nSPS) is 13.9. The third-order valence-electron chi connectivity index (χ3n) is 3.94. The Hall–Kier alpha value is -3.56. The molecule has 1 aromatic carbocycles. The Labute approximate surface area is 161 Å². The van der Waals surface area contributed by atoms with Crippen molar-refractivity contribution in [2.45, 2.75) is 6.92 Å². The Bertz CT molecular complexity index is 839. The summed E-state index contributed by atoms with van der Waals surface area (Å²) in [6, 6.07) is 6.11. The van der Waals surface area contributed by atoms with E-state index in [9.17, 15) is 14.4 Å². The number of para-hydroxylation sites is 1. The van der Waals surface area contributed by atoms with E-state index in [0.29, 0.717) is 31.8 Å². The lowest BCUT2D eigenvalue weighted by molar-refractivity contribution is -0.134. The number of ether oxygens (including phenoxy) is 1. The lowest BCUT2D eigenvalue weighted by atomic mass is 10.2. The molecule has 10 nitrogen and oxygen atoms in total. The van der Waals surface area contributed by atoms with Gasteiger partial charge in [0.05, 0.1) is 24.1 Å². The number of carboxylic acid groups (broad SMARTS) is 2. The third-order valence-corrected chi connectivity index (χ3v) is 3.94. The monoisotopic (exact) mass is 390 g/mol. The first kappa shape index (κ1) is 20.7. The van der Waals surface area contributed by atoms with Crippen molar-refractivity contribution in [1.82, 2.24) is 14.9 Å². The van der Waals surface area contributed by atoms with Gasteiger partial charge in [-0.1, -0.05) is 6.07 Å². The summed E-state index contributed by atoms with van der Waals surface area (Å²) in [4.78, 5) is 42.3. The van der Waals surface area contributed by atoms with Crippen LogP contribution in [0.1, 0.15) is 6.92 Å². The van der Waals surface area contributed by atoms with E-state index >= 15 is 0 Å². The number of rotatable bonds is 4. The van der Waals surface area contributed by atoms with Crippen LogP contribution < -0.4 is 4.90 Å². The Morgan fingerprint density at radius 1 is 1.14 bits per heavy atom. The maximum atomic E-state index is 11.7. The first-order valence-corrected chi connectivity index (χ1v) is 8.65. The minimum atomic E-state index is -1.26. The molecule has 2 aromatic rings. The van der Waals surface area contributed by atoms with E-state index in [4.69, 9.17) is 14.9 Å². The second-order valence-corrected chi connectivity index (χ2v) is 5.76. The van der Waals surface area contributed by atoms with Gasteiger partial charge in [0, 0.05) is 38.3 Å². The molecule has 1 saturated heterocycles. The molecular weight excluding hydrogens is 368 g/mol. The Morgan fingerprint density at radius 3 is 2.36 bits per heavy atom. The summed E-state index contributed by atoms with van der Waals surface area (Å²) in [7, 11) is 0. The summed E-state index contributed by atoms with van der Waals surface area (Å²) in [5.41, 5.74) is 3.14. The molecule has 10 heteroatoms. The Morgan fingerprint density at radius 2 is 1.79 bits per heavy atom. The maximum Gasteiger partial charge on any atom is 0.409 e. The number of anilines is 1. The van der Waals surface area contributed by atoms with E-state index in [0.717, 1.165) is 29.8 Å². The topological polar surface area (TPSA) is 136 Å². The predicted octanol–water partition coefficient (Wildman–Crippen LogP) is 1.55. The molecule has 1 aromatic heterocycles. The molecule has 3 rings (SSSR count). The average molecular weight is 390 g/mol. The largest absolute Gasteiger partial charge is 0.478 e. The van der Waals surface area contributed by atoms with E-state index in [-0.39, 0.29) is 6.09 Å². The average Bonchev–Trinajstić information content (AvgIpc) is 3.16. The number of amides is 1. The summed E-state index contributed by atoms with van der Waals surface area (Å²) < 4.78 is 5.03. The SMILES string of the molecule is CCOC(=O)N1CCN(c2cccc3[nH]cnc23)CC1.O=C(O)C=CC(=O)O. The number of carbonyl (C=O) groups excluding carboxylic acids is 1. The molecule has 2 heterocycles. The highest BCUT2D eigenvalue weighted by Crippen LogP contribution is 2.25. The molecule has 0 saturated carbocycles. The van der Waals surface area contributed by atoms with Gasteiger partial charge in [0.25, 0.3) is 0 Å². The molecule has 1 aliphatic rings. The second-order valence-electron chi connectivity index (χ2n) is 5.76. The fourth-order valence-corrected chi connectivity index (χ4v) is 2.69. The van der Waals surface area contributed by atoms with Crippen molar-refractivity contribution >= 4 is 34.8 Å². The molecular formula is C18H22N4O6. The zero-order valence-corrected chi connectivity index (χ0v) is 15.4. The number of hydrogen-bond acceptors (Lipinski definition) is 6. The number of carbonyl (C=O) groups is 3. The van der Waals surface area contributed by atoms with Gasteiger partial charge in [-0.15, -0.1) is 0 Å². The molecule has 28 heavy (non-hydrogen) atoms. The number of piperazine rings is 1. The zero-order valence-electron chi connectivity index (χ0n) is 15.4. The van der Waals surface area contributed by atoms with Crippen LogP contribution in [0.3, 0.4) is 0 Å². The predicted molar refractivity (Wildman–Crippen MR) is 101 cm³/mol. The number of aromatic nitrogens is 2. The van der Waals surface area contributed by atoms with Crippen molar-refractivity contribution in [3.05, 3.63) is 36.7 Å². The zero-order chi connectivity index (χ0) is 20.5. The maximum absolute atomic E-state index is 11.7. The van der Waals surface area contributed by atoms with Crippen LogP contribution in [0, 0.1) is 0 Å². The summed E-state index contributed by atoms with van der Waals surface area (Å²) in [6.07, 6.45) is 2.61. The second kappa shape index (κ2) is 9.95. The summed E-state index contributed by atoms with van der Waals surface area (Å²) in [6.45, 7) is 5.20. The van der Waals surface area contributed by atoms with Gasteiger partial charge < -0.3 is 29.7 Å². The number of carboxylic acids is 2. The summed E-state index contributed by atoms with van der Waals surface area (Å²) in [5, 5.41) is 15.6. The van der Waals surface area contributed by atoms with Gasteiger partial charge >= 0.3 is 18.0 Å². The number of aliphatic carboxylic acids is 2. The lowest BCUT2D eigenvalue weighted by Crippen LogP contribution is -2.49. The standard InChI is InChI=1S/C14H18N4O2.C4H4O4/c1-2-20-14(19)18-8-6-17(7-9-18)12-5-3-4-11-13(12)16-10-15-11;5-3(6)1-2-4(7)8/h3-5,10H,2,6-9H2,1H3,(H,15,16);1-2H,(H,5,6)(H,7,8). The minimum Gasteiger partial charge on any atom is -0.478 e. The fraction of sp³-hybridized carbons (Fsp3) is 0.333. The first-order chi connectivity index (χ1) is 13.4. The molecule has 0 bridgehead atoms. The smallest absolute Gasteiger partial charge is 0.409 e. The van der Waals surface area contributed by atoms with Crippen LogP contribution >= 0.6 is 0 Å². The van der Waals surface area contributed by atoms with Crippen molar-refractivity contribution in [1.29, 1.82) is 0 Å². The molecule has 0 atom stereocenters. The van der Waals surface area contributed by atoms with Crippen LogP contribution in [0.2, 0.25) is 0 Å². The van der Waals surface area contributed by atoms with E-state index in [1.54, 1.807) is 11.2 Å².